The summed E-state index contributed by atoms with van der Waals surface area (Å²) in [6.07, 6.45) is -3.93. The summed E-state index contributed by atoms with van der Waals surface area (Å²) in [7, 11) is 0. The lowest BCUT2D eigenvalue weighted by molar-refractivity contribution is -0.200. The van der Waals surface area contributed by atoms with Gasteiger partial charge in [-0.3, -0.25) is 14.2 Å². The van der Waals surface area contributed by atoms with Gasteiger partial charge in [-0.15, -0.1) is 13.2 Å². The quantitative estimate of drug-likeness (QED) is 0.452. The number of halogens is 5. The number of hydrogen-bond acceptors (Lipinski definition) is 3. The van der Waals surface area contributed by atoms with Crippen molar-refractivity contribution < 1.29 is 32.3 Å². The largest absolute Gasteiger partial charge is 0.488 e. The number of hydrogen-bond donors (Lipinski definition) is 2. The Kier molecular flexibility index (Phi) is 5.38. The number of nitrogens with zero attached hydrogens (tertiary/aromatic N) is 2. The van der Waals surface area contributed by atoms with Crippen LogP contribution in [0.3, 0.4) is 0 Å². The summed E-state index contributed by atoms with van der Waals surface area (Å²) in [5.41, 5.74) is -1.85. The molecular formula is C21H16ClF4N3O3. The third-order valence-electron chi connectivity index (χ3n) is 5.31. The Balaban J connectivity index is 1.51. The van der Waals surface area contributed by atoms with Gasteiger partial charge in [0.2, 0.25) is 5.60 Å². The van der Waals surface area contributed by atoms with Crippen molar-refractivity contribution >= 4 is 40.0 Å². The SMILES string of the molecule is O=C(NCc1cc(F)cc(Cl)c1)C1(O)CCN(c2ccc3c(ccn3C(F)(F)F)c2)C1=O. The number of carbonyl (C=O) groups excluding carboxylic acids is 2. The van der Waals surface area contributed by atoms with E-state index < -0.39 is 29.5 Å². The van der Waals surface area contributed by atoms with Crippen LogP contribution in [0.4, 0.5) is 23.2 Å². The second-order valence-electron chi connectivity index (χ2n) is 7.42. The van der Waals surface area contributed by atoms with Crippen LogP contribution < -0.4 is 10.2 Å². The molecule has 1 atom stereocenters. The molecule has 1 fully saturated rings. The third kappa shape index (κ3) is 3.91. The molecule has 1 aromatic heterocycles. The first-order valence-corrected chi connectivity index (χ1v) is 9.83. The normalized spacial score (nSPS) is 19.1. The molecule has 0 bridgehead atoms. The van der Waals surface area contributed by atoms with Crippen molar-refractivity contribution in [2.24, 2.45) is 0 Å². The van der Waals surface area contributed by atoms with Gasteiger partial charge in [0.25, 0.3) is 11.8 Å². The van der Waals surface area contributed by atoms with Crippen molar-refractivity contribution in [3.63, 3.8) is 0 Å². The monoisotopic (exact) mass is 469 g/mol. The fraction of sp³-hybridized carbons (Fsp3) is 0.238. The van der Waals surface area contributed by atoms with E-state index >= 15 is 0 Å². The van der Waals surface area contributed by atoms with Crippen LogP contribution in [0.2, 0.25) is 5.02 Å². The predicted octanol–water partition coefficient (Wildman–Crippen LogP) is 3.69. The Morgan fingerprint density at radius 1 is 1.19 bits per heavy atom. The first-order valence-electron chi connectivity index (χ1n) is 9.45. The van der Waals surface area contributed by atoms with Crippen LogP contribution in [0.15, 0.2) is 48.7 Å². The molecule has 2 N–H and O–H groups in total. The van der Waals surface area contributed by atoms with Crippen molar-refractivity contribution in [2.75, 3.05) is 11.4 Å². The van der Waals surface area contributed by atoms with Crippen LogP contribution in [0, 0.1) is 5.82 Å². The Bertz CT molecular complexity index is 1210. The molecule has 2 heterocycles. The molecule has 0 radical (unpaired) electrons. The molecule has 168 valence electrons. The van der Waals surface area contributed by atoms with Crippen molar-refractivity contribution in [2.45, 2.75) is 24.9 Å². The van der Waals surface area contributed by atoms with Crippen LogP contribution in [-0.4, -0.2) is 33.6 Å². The second-order valence-corrected chi connectivity index (χ2v) is 7.86. The zero-order chi connectivity index (χ0) is 23.3. The van der Waals surface area contributed by atoms with Crippen molar-refractivity contribution in [3.8, 4) is 0 Å². The van der Waals surface area contributed by atoms with Gasteiger partial charge in [-0.05, 0) is 48.0 Å². The van der Waals surface area contributed by atoms with E-state index in [1.165, 1.54) is 30.3 Å². The average molecular weight is 470 g/mol. The second kappa shape index (κ2) is 7.79. The van der Waals surface area contributed by atoms with Crippen molar-refractivity contribution in [1.29, 1.82) is 0 Å². The molecule has 0 saturated carbocycles. The molecule has 2 aromatic carbocycles. The maximum Gasteiger partial charge on any atom is 0.488 e. The highest BCUT2D eigenvalue weighted by atomic mass is 35.5. The van der Waals surface area contributed by atoms with Crippen molar-refractivity contribution in [1.82, 2.24) is 9.88 Å². The highest BCUT2D eigenvalue weighted by Crippen LogP contribution is 2.34. The lowest BCUT2D eigenvalue weighted by Gasteiger charge is -2.22. The number of alkyl halides is 3. The molecule has 6 nitrogen and oxygen atoms in total. The summed E-state index contributed by atoms with van der Waals surface area (Å²) in [5.74, 6) is -2.46. The number of rotatable bonds is 4. The van der Waals surface area contributed by atoms with Crippen LogP contribution in [0.5, 0.6) is 0 Å². The minimum absolute atomic E-state index is 0.0139. The van der Waals surface area contributed by atoms with E-state index in [2.05, 4.69) is 5.32 Å². The number of amides is 2. The zero-order valence-electron chi connectivity index (χ0n) is 16.3. The number of benzene rings is 2. The molecule has 1 unspecified atom stereocenters. The Hall–Kier alpha value is -3.11. The van der Waals surface area contributed by atoms with Gasteiger partial charge >= 0.3 is 6.30 Å². The van der Waals surface area contributed by atoms with Gasteiger partial charge in [-0.25, -0.2) is 4.39 Å². The van der Waals surface area contributed by atoms with Gasteiger partial charge in [-0.2, -0.15) is 0 Å². The first kappa shape index (κ1) is 22.1. The van der Waals surface area contributed by atoms with Gasteiger partial charge in [0.1, 0.15) is 5.82 Å². The molecule has 0 spiro atoms. The van der Waals surface area contributed by atoms with Crippen LogP contribution in [0.1, 0.15) is 12.0 Å². The van der Waals surface area contributed by atoms with E-state index in [0.717, 1.165) is 23.2 Å². The molecule has 1 aliphatic heterocycles. The Morgan fingerprint density at radius 3 is 2.62 bits per heavy atom. The summed E-state index contributed by atoms with van der Waals surface area (Å²) in [6.45, 7) is -0.178. The maximum absolute atomic E-state index is 13.4. The number of fused-ring (bicyclic) bond motifs is 1. The number of carbonyl (C=O) groups is 2. The number of nitrogens with one attached hydrogen (secondary N) is 1. The van der Waals surface area contributed by atoms with Crippen LogP contribution in [0.25, 0.3) is 10.9 Å². The highest BCUT2D eigenvalue weighted by Gasteiger charge is 2.51. The Morgan fingerprint density at radius 2 is 1.94 bits per heavy atom. The summed E-state index contributed by atoms with van der Waals surface area (Å²) in [5, 5.41) is 13.5. The topological polar surface area (TPSA) is 74.6 Å². The van der Waals surface area contributed by atoms with Crippen LogP contribution in [-0.2, 0) is 22.4 Å². The van der Waals surface area contributed by atoms with Crippen LogP contribution >= 0.6 is 11.6 Å². The van der Waals surface area contributed by atoms with Gasteiger partial charge in [0.05, 0.1) is 5.52 Å². The van der Waals surface area contributed by atoms with E-state index in [1.54, 1.807) is 0 Å². The van der Waals surface area contributed by atoms with E-state index in [0.29, 0.717) is 5.56 Å². The maximum atomic E-state index is 13.4. The van der Waals surface area contributed by atoms with Crippen molar-refractivity contribution in [3.05, 3.63) is 65.1 Å². The molecule has 0 aliphatic carbocycles. The highest BCUT2D eigenvalue weighted by molar-refractivity contribution is 6.30. The third-order valence-corrected chi connectivity index (χ3v) is 5.52. The molecule has 4 rings (SSSR count). The fourth-order valence-electron chi connectivity index (χ4n) is 3.72. The molecule has 2 amide bonds. The minimum atomic E-state index is -4.59. The summed E-state index contributed by atoms with van der Waals surface area (Å²) >= 11 is 5.77. The molecule has 3 aromatic rings. The molecule has 11 heteroatoms. The van der Waals surface area contributed by atoms with E-state index in [4.69, 9.17) is 11.6 Å². The standard InChI is InChI=1S/C21H16ClF4N3O3/c22-14-7-12(8-15(23)10-14)11-27-18(30)20(32)4-6-28(19(20)31)16-1-2-17-13(9-16)3-5-29(17)21(24,25)26/h1-3,5,7-10,32H,4,6,11H2,(H,27,30). The zero-order valence-corrected chi connectivity index (χ0v) is 17.0. The lowest BCUT2D eigenvalue weighted by atomic mass is 10.0. The fourth-order valence-corrected chi connectivity index (χ4v) is 3.97. The van der Waals surface area contributed by atoms with Gasteiger partial charge in [0.15, 0.2) is 0 Å². The number of aromatic nitrogens is 1. The summed E-state index contributed by atoms with van der Waals surface area (Å²) in [4.78, 5) is 26.5. The predicted molar refractivity (Wildman–Crippen MR) is 108 cm³/mol. The lowest BCUT2D eigenvalue weighted by Crippen LogP contribution is -2.52. The summed E-state index contributed by atoms with van der Waals surface area (Å²) < 4.78 is 52.7. The van der Waals surface area contributed by atoms with Gasteiger partial charge in [0, 0.05) is 41.8 Å². The average Bonchev–Trinajstić information content (AvgIpc) is 3.27. The molecular weight excluding hydrogens is 454 g/mol. The number of aliphatic hydroxyl groups is 1. The molecule has 32 heavy (non-hydrogen) atoms. The summed E-state index contributed by atoms with van der Waals surface area (Å²) in [6, 6.07) is 8.86. The van der Waals surface area contributed by atoms with E-state index in [-0.39, 0.29) is 45.7 Å². The number of anilines is 1. The van der Waals surface area contributed by atoms with Gasteiger partial charge < -0.3 is 15.3 Å². The van der Waals surface area contributed by atoms with E-state index in [9.17, 15) is 32.3 Å². The Labute approximate surface area is 184 Å². The molecule has 1 saturated heterocycles. The smallest absolute Gasteiger partial charge is 0.372 e. The van der Waals surface area contributed by atoms with E-state index in [1.807, 2.05) is 0 Å². The molecule has 1 aliphatic rings. The minimum Gasteiger partial charge on any atom is -0.372 e. The first-order chi connectivity index (χ1) is 15.0. The van der Waals surface area contributed by atoms with Gasteiger partial charge in [-0.1, -0.05) is 11.6 Å².